The molecule has 1 aliphatic rings. The summed E-state index contributed by atoms with van der Waals surface area (Å²) in [5.74, 6) is 0.817. The van der Waals surface area contributed by atoms with Gasteiger partial charge in [0, 0.05) is 10.5 Å². The third-order valence-corrected chi connectivity index (χ3v) is 3.64. The molecule has 1 fully saturated rings. The Labute approximate surface area is 86.1 Å². The zero-order valence-corrected chi connectivity index (χ0v) is 9.08. The maximum Gasteiger partial charge on any atom is 0.404 e. The van der Waals surface area contributed by atoms with E-state index in [9.17, 15) is 4.79 Å². The zero-order valence-electron chi connectivity index (χ0n) is 6.92. The number of hydrogen-bond donors (Lipinski definition) is 2. The van der Waals surface area contributed by atoms with Crippen LogP contribution in [0.1, 0.15) is 25.7 Å². The van der Waals surface area contributed by atoms with E-state index in [-0.39, 0.29) is 6.04 Å². The first kappa shape index (κ1) is 10.1. The third kappa shape index (κ3) is 3.16. The van der Waals surface area contributed by atoms with Gasteiger partial charge in [-0.1, -0.05) is 22.6 Å². The number of nitrogens with one attached hydrogen (secondary N) is 1. The summed E-state index contributed by atoms with van der Waals surface area (Å²) in [5, 5.41) is 11.0. The molecule has 0 bridgehead atoms. The van der Waals surface area contributed by atoms with Crippen molar-refractivity contribution in [2.45, 2.75) is 31.7 Å². The minimum atomic E-state index is -0.882. The first-order chi connectivity index (χ1) is 5.72. The van der Waals surface area contributed by atoms with Gasteiger partial charge >= 0.3 is 6.09 Å². The highest BCUT2D eigenvalue weighted by Gasteiger charge is 2.20. The molecule has 2 N–H and O–H groups in total. The Balaban J connectivity index is 2.21. The lowest BCUT2D eigenvalue weighted by Crippen LogP contribution is -2.36. The summed E-state index contributed by atoms with van der Waals surface area (Å²) in [5.41, 5.74) is 0. The fourth-order valence-corrected chi connectivity index (χ4v) is 2.52. The molecule has 0 radical (unpaired) electrons. The Hall–Kier alpha value is 0. The van der Waals surface area contributed by atoms with Crippen LogP contribution >= 0.6 is 22.6 Å². The average molecular weight is 283 g/mol. The highest BCUT2D eigenvalue weighted by Crippen LogP contribution is 2.25. The number of carbonyl (C=O) groups is 1. The van der Waals surface area contributed by atoms with E-state index in [1.54, 1.807) is 0 Å². The van der Waals surface area contributed by atoms with Crippen LogP contribution < -0.4 is 5.32 Å². The molecule has 0 aromatic heterocycles. The van der Waals surface area contributed by atoms with E-state index in [1.807, 2.05) is 0 Å². The number of amides is 1. The van der Waals surface area contributed by atoms with Crippen molar-refractivity contribution in [2.75, 3.05) is 4.43 Å². The predicted molar refractivity (Wildman–Crippen MR) is 55.8 cm³/mol. The number of hydrogen-bond acceptors (Lipinski definition) is 1. The van der Waals surface area contributed by atoms with Crippen LogP contribution in [0.15, 0.2) is 0 Å². The van der Waals surface area contributed by atoms with Crippen LogP contribution in [0.4, 0.5) is 4.79 Å². The van der Waals surface area contributed by atoms with Crippen LogP contribution in [-0.2, 0) is 0 Å². The molecule has 1 aliphatic carbocycles. The quantitative estimate of drug-likeness (QED) is 0.603. The van der Waals surface area contributed by atoms with Crippen molar-refractivity contribution in [2.24, 2.45) is 5.92 Å². The van der Waals surface area contributed by atoms with Crippen molar-refractivity contribution in [3.05, 3.63) is 0 Å². The summed E-state index contributed by atoms with van der Waals surface area (Å²) in [7, 11) is 0. The first-order valence-corrected chi connectivity index (χ1v) is 5.80. The zero-order chi connectivity index (χ0) is 8.97. The van der Waals surface area contributed by atoms with E-state index < -0.39 is 6.09 Å². The lowest BCUT2D eigenvalue weighted by molar-refractivity contribution is 0.183. The summed E-state index contributed by atoms with van der Waals surface area (Å²) in [4.78, 5) is 10.3. The van der Waals surface area contributed by atoms with Gasteiger partial charge < -0.3 is 10.4 Å². The van der Waals surface area contributed by atoms with Gasteiger partial charge in [0.1, 0.15) is 0 Å². The van der Waals surface area contributed by atoms with E-state index in [4.69, 9.17) is 5.11 Å². The second kappa shape index (κ2) is 4.89. The minimum absolute atomic E-state index is 0.210. The SMILES string of the molecule is O=C(O)NC1CCC(CI)CC1. The molecule has 1 amide bonds. The molecule has 0 unspecified atom stereocenters. The van der Waals surface area contributed by atoms with Gasteiger partial charge in [0.25, 0.3) is 0 Å². The molecule has 70 valence electrons. The Morgan fingerprint density at radius 2 is 2.00 bits per heavy atom. The van der Waals surface area contributed by atoms with Crippen molar-refractivity contribution in [3.63, 3.8) is 0 Å². The molecule has 0 heterocycles. The van der Waals surface area contributed by atoms with Gasteiger partial charge in [0.15, 0.2) is 0 Å². The average Bonchev–Trinajstić information content (AvgIpc) is 2.05. The van der Waals surface area contributed by atoms with E-state index in [1.165, 1.54) is 17.3 Å². The molecule has 0 saturated heterocycles. The van der Waals surface area contributed by atoms with Gasteiger partial charge in [-0.15, -0.1) is 0 Å². The Morgan fingerprint density at radius 1 is 1.42 bits per heavy atom. The van der Waals surface area contributed by atoms with Gasteiger partial charge in [-0.2, -0.15) is 0 Å². The molecule has 12 heavy (non-hydrogen) atoms. The Bertz CT molecular complexity index is 155. The second-order valence-electron chi connectivity index (χ2n) is 3.32. The predicted octanol–water partition coefficient (Wildman–Crippen LogP) is 2.25. The van der Waals surface area contributed by atoms with Crippen LogP contribution in [0.2, 0.25) is 0 Å². The van der Waals surface area contributed by atoms with Crippen LogP contribution in [0.3, 0.4) is 0 Å². The molecule has 4 heteroatoms. The van der Waals surface area contributed by atoms with E-state index in [0.717, 1.165) is 18.8 Å². The lowest BCUT2D eigenvalue weighted by Gasteiger charge is -2.26. The topological polar surface area (TPSA) is 49.3 Å². The first-order valence-electron chi connectivity index (χ1n) is 4.27. The van der Waals surface area contributed by atoms with Crippen molar-refractivity contribution < 1.29 is 9.90 Å². The monoisotopic (exact) mass is 283 g/mol. The smallest absolute Gasteiger partial charge is 0.404 e. The Kier molecular flexibility index (Phi) is 4.11. The summed E-state index contributed by atoms with van der Waals surface area (Å²) in [6.07, 6.45) is 3.50. The summed E-state index contributed by atoms with van der Waals surface area (Å²) in [6.45, 7) is 0. The fraction of sp³-hybridized carbons (Fsp3) is 0.875. The van der Waals surface area contributed by atoms with Crippen LogP contribution in [-0.4, -0.2) is 21.7 Å². The van der Waals surface area contributed by atoms with Crippen molar-refractivity contribution >= 4 is 28.7 Å². The summed E-state index contributed by atoms with van der Waals surface area (Å²) in [6, 6.07) is 0.210. The molecular formula is C8H14INO2. The van der Waals surface area contributed by atoms with Gasteiger partial charge in [-0.3, -0.25) is 0 Å². The van der Waals surface area contributed by atoms with Crippen LogP contribution in [0.5, 0.6) is 0 Å². The van der Waals surface area contributed by atoms with Gasteiger partial charge in [-0.05, 0) is 31.6 Å². The molecule has 3 nitrogen and oxygen atoms in total. The van der Waals surface area contributed by atoms with E-state index >= 15 is 0 Å². The molecular weight excluding hydrogens is 269 g/mol. The van der Waals surface area contributed by atoms with Gasteiger partial charge in [0.2, 0.25) is 0 Å². The van der Waals surface area contributed by atoms with Gasteiger partial charge in [-0.25, -0.2) is 4.79 Å². The normalized spacial score (nSPS) is 29.8. The fourth-order valence-electron chi connectivity index (χ4n) is 1.64. The van der Waals surface area contributed by atoms with E-state index in [2.05, 4.69) is 27.9 Å². The number of rotatable bonds is 2. The van der Waals surface area contributed by atoms with Crippen molar-refractivity contribution in [1.29, 1.82) is 0 Å². The highest BCUT2D eigenvalue weighted by molar-refractivity contribution is 14.1. The second-order valence-corrected chi connectivity index (χ2v) is 4.20. The van der Waals surface area contributed by atoms with Gasteiger partial charge in [0.05, 0.1) is 0 Å². The van der Waals surface area contributed by atoms with Crippen molar-refractivity contribution in [1.82, 2.24) is 5.32 Å². The minimum Gasteiger partial charge on any atom is -0.465 e. The van der Waals surface area contributed by atoms with Crippen LogP contribution in [0, 0.1) is 5.92 Å². The van der Waals surface area contributed by atoms with Crippen LogP contribution in [0.25, 0.3) is 0 Å². The maximum atomic E-state index is 10.3. The number of halogens is 1. The summed E-state index contributed by atoms with van der Waals surface area (Å²) < 4.78 is 1.21. The summed E-state index contributed by atoms with van der Waals surface area (Å²) >= 11 is 2.40. The largest absolute Gasteiger partial charge is 0.465 e. The number of alkyl halides is 1. The Morgan fingerprint density at radius 3 is 2.42 bits per heavy atom. The van der Waals surface area contributed by atoms with E-state index in [0.29, 0.717) is 0 Å². The van der Waals surface area contributed by atoms with Crippen molar-refractivity contribution in [3.8, 4) is 0 Å². The third-order valence-electron chi connectivity index (χ3n) is 2.39. The molecule has 0 aliphatic heterocycles. The molecule has 1 saturated carbocycles. The molecule has 0 atom stereocenters. The highest BCUT2D eigenvalue weighted by atomic mass is 127. The number of carboxylic acid groups (broad SMARTS) is 1. The maximum absolute atomic E-state index is 10.3. The molecule has 0 spiro atoms. The molecule has 0 aromatic carbocycles. The standard InChI is InChI=1S/C8H14INO2/c9-5-6-1-3-7(4-2-6)10-8(11)12/h6-7,10H,1-5H2,(H,11,12). The lowest BCUT2D eigenvalue weighted by atomic mass is 9.87. The molecule has 0 aromatic rings. The molecule has 1 rings (SSSR count).